The summed E-state index contributed by atoms with van der Waals surface area (Å²) in [6.45, 7) is 5.83. The lowest BCUT2D eigenvalue weighted by atomic mass is 10.1. The quantitative estimate of drug-likeness (QED) is 0.892. The van der Waals surface area contributed by atoms with Crippen LogP contribution in [0, 0.1) is 13.8 Å². The third-order valence-corrected chi connectivity index (χ3v) is 3.03. The fourth-order valence-corrected chi connectivity index (χ4v) is 2.09. The van der Waals surface area contributed by atoms with Gasteiger partial charge in [0.1, 0.15) is 0 Å². The topological polar surface area (TPSA) is 46.3 Å². The summed E-state index contributed by atoms with van der Waals surface area (Å²) in [5.41, 5.74) is 9.22. The van der Waals surface area contributed by atoms with Crippen molar-refractivity contribution in [1.29, 1.82) is 0 Å². The van der Waals surface area contributed by atoms with Crippen molar-refractivity contribution < 1.29 is 4.79 Å². The number of benzene rings is 2. The monoisotopic (exact) mass is 253 g/mol. The molecule has 97 valence electrons. The molecule has 0 aromatic heterocycles. The predicted molar refractivity (Wildman–Crippen MR) is 78.4 cm³/mol. The Bertz CT molecular complexity index is 579. The van der Waals surface area contributed by atoms with Crippen LogP contribution in [0.25, 0.3) is 0 Å². The van der Waals surface area contributed by atoms with E-state index in [0.717, 1.165) is 28.9 Å². The number of rotatable bonds is 3. The number of para-hydroxylation sites is 1. The molecule has 3 heteroatoms. The van der Waals surface area contributed by atoms with Crippen LogP contribution in [0.3, 0.4) is 0 Å². The first-order chi connectivity index (χ1) is 9.13. The van der Waals surface area contributed by atoms with Crippen molar-refractivity contribution in [2.24, 2.45) is 5.73 Å². The molecule has 1 radical (unpaired) electrons. The van der Waals surface area contributed by atoms with Gasteiger partial charge in [-0.3, -0.25) is 4.90 Å². The highest BCUT2D eigenvalue weighted by atomic mass is 16.2. The molecule has 0 spiro atoms. The van der Waals surface area contributed by atoms with E-state index < -0.39 is 6.03 Å². The summed E-state index contributed by atoms with van der Waals surface area (Å²) in [4.78, 5) is 13.3. The molecular formula is C16H17N2O. The number of aryl methyl sites for hydroxylation is 1. The summed E-state index contributed by atoms with van der Waals surface area (Å²) in [5, 5.41) is 0. The van der Waals surface area contributed by atoms with Gasteiger partial charge in [-0.05, 0) is 49.6 Å². The molecule has 2 N–H and O–H groups in total. The van der Waals surface area contributed by atoms with Crippen LogP contribution in [0.1, 0.15) is 11.1 Å². The number of hydrogen-bond donors (Lipinski definition) is 1. The number of carbonyl (C=O) groups is 1. The summed E-state index contributed by atoms with van der Waals surface area (Å²) >= 11 is 0. The van der Waals surface area contributed by atoms with Gasteiger partial charge in [0.15, 0.2) is 0 Å². The average Bonchev–Trinajstić information content (AvgIpc) is 2.41. The zero-order valence-corrected chi connectivity index (χ0v) is 11.0. The number of hydrogen-bond acceptors (Lipinski definition) is 1. The standard InChI is InChI=1S/C16H17N2O/c1-3-13-9-10-15(12(2)11-13)18(16(17)19)14-7-5-4-6-8-14/h4-11H,1,3H2,2H3,(H2,17,19). The van der Waals surface area contributed by atoms with Gasteiger partial charge in [-0.1, -0.05) is 30.3 Å². The van der Waals surface area contributed by atoms with Gasteiger partial charge in [0.2, 0.25) is 0 Å². The molecule has 3 nitrogen and oxygen atoms in total. The summed E-state index contributed by atoms with van der Waals surface area (Å²) < 4.78 is 0. The Morgan fingerprint density at radius 3 is 2.42 bits per heavy atom. The maximum absolute atomic E-state index is 11.7. The van der Waals surface area contributed by atoms with E-state index in [2.05, 4.69) is 6.92 Å². The molecule has 2 amide bonds. The van der Waals surface area contributed by atoms with Gasteiger partial charge in [-0.25, -0.2) is 4.79 Å². The fourth-order valence-electron chi connectivity index (χ4n) is 2.09. The second-order valence-corrected chi connectivity index (χ2v) is 4.38. The highest BCUT2D eigenvalue weighted by Gasteiger charge is 2.16. The van der Waals surface area contributed by atoms with Gasteiger partial charge in [0, 0.05) is 0 Å². The molecule has 0 aliphatic carbocycles. The minimum absolute atomic E-state index is 0.489. The first-order valence-corrected chi connectivity index (χ1v) is 6.17. The molecule has 2 aromatic rings. The Balaban J connectivity index is 2.49. The number of amides is 2. The van der Waals surface area contributed by atoms with Crippen LogP contribution >= 0.6 is 0 Å². The second-order valence-electron chi connectivity index (χ2n) is 4.38. The zero-order chi connectivity index (χ0) is 13.8. The van der Waals surface area contributed by atoms with Crippen LogP contribution in [0.2, 0.25) is 0 Å². The number of nitrogens with two attached hydrogens (primary N) is 1. The summed E-state index contributed by atoms with van der Waals surface area (Å²) in [6, 6.07) is 14.8. The van der Waals surface area contributed by atoms with Crippen LogP contribution in [0.15, 0.2) is 48.5 Å². The largest absolute Gasteiger partial charge is 0.351 e. The number of carbonyl (C=O) groups excluding carboxylic acids is 1. The Hall–Kier alpha value is -2.29. The minimum Gasteiger partial charge on any atom is -0.351 e. The number of urea groups is 1. The maximum atomic E-state index is 11.7. The van der Waals surface area contributed by atoms with E-state index in [-0.39, 0.29) is 0 Å². The molecule has 0 fully saturated rings. The van der Waals surface area contributed by atoms with Crippen molar-refractivity contribution in [2.75, 3.05) is 4.90 Å². The zero-order valence-electron chi connectivity index (χ0n) is 11.0. The Kier molecular flexibility index (Phi) is 3.85. The first kappa shape index (κ1) is 13.1. The maximum Gasteiger partial charge on any atom is 0.323 e. The van der Waals surface area contributed by atoms with Gasteiger partial charge in [-0.15, -0.1) is 0 Å². The van der Waals surface area contributed by atoms with Crippen LogP contribution in [0.5, 0.6) is 0 Å². The van der Waals surface area contributed by atoms with Crippen LogP contribution in [-0.4, -0.2) is 6.03 Å². The summed E-state index contributed by atoms with van der Waals surface area (Å²) in [6.07, 6.45) is 0.725. The van der Waals surface area contributed by atoms with E-state index in [1.54, 1.807) is 0 Å². The summed E-state index contributed by atoms with van der Waals surface area (Å²) in [7, 11) is 0. The van der Waals surface area contributed by atoms with Crippen molar-refractivity contribution in [1.82, 2.24) is 0 Å². The molecule has 0 saturated heterocycles. The second kappa shape index (κ2) is 5.57. The molecular weight excluding hydrogens is 236 g/mol. The van der Waals surface area contributed by atoms with Crippen molar-refractivity contribution in [3.63, 3.8) is 0 Å². The van der Waals surface area contributed by atoms with Crippen molar-refractivity contribution in [3.05, 3.63) is 66.6 Å². The number of primary amides is 1. The SMILES string of the molecule is [CH2]Cc1ccc(N(C(N)=O)c2ccccc2)c(C)c1. The molecule has 0 aliphatic rings. The number of anilines is 2. The Labute approximate surface area is 113 Å². The Morgan fingerprint density at radius 1 is 1.21 bits per heavy atom. The first-order valence-electron chi connectivity index (χ1n) is 6.17. The van der Waals surface area contributed by atoms with Gasteiger partial charge >= 0.3 is 6.03 Å². The molecule has 0 bridgehead atoms. The van der Waals surface area contributed by atoms with Crippen molar-refractivity contribution in [2.45, 2.75) is 13.3 Å². The van der Waals surface area contributed by atoms with Crippen molar-refractivity contribution >= 4 is 17.4 Å². The van der Waals surface area contributed by atoms with E-state index in [1.807, 2.05) is 55.5 Å². The number of nitrogens with zero attached hydrogens (tertiary/aromatic N) is 1. The molecule has 0 aliphatic heterocycles. The Morgan fingerprint density at radius 2 is 1.89 bits per heavy atom. The highest BCUT2D eigenvalue weighted by Crippen LogP contribution is 2.28. The normalized spacial score (nSPS) is 10.2. The van der Waals surface area contributed by atoms with Gasteiger partial charge in [0.05, 0.1) is 11.4 Å². The lowest BCUT2D eigenvalue weighted by molar-refractivity contribution is 0.256. The van der Waals surface area contributed by atoms with Crippen molar-refractivity contribution in [3.8, 4) is 0 Å². The summed E-state index contributed by atoms with van der Waals surface area (Å²) in [5.74, 6) is 0. The molecule has 2 aromatic carbocycles. The van der Waals surface area contributed by atoms with Gasteiger partial charge in [-0.2, -0.15) is 0 Å². The smallest absolute Gasteiger partial charge is 0.323 e. The van der Waals surface area contributed by atoms with E-state index >= 15 is 0 Å². The molecule has 0 saturated carbocycles. The molecule has 19 heavy (non-hydrogen) atoms. The van der Waals surface area contributed by atoms with Gasteiger partial charge < -0.3 is 5.73 Å². The lowest BCUT2D eigenvalue weighted by Crippen LogP contribution is -2.31. The fraction of sp³-hybridized carbons (Fsp3) is 0.125. The lowest BCUT2D eigenvalue weighted by Gasteiger charge is -2.23. The minimum atomic E-state index is -0.489. The van der Waals surface area contributed by atoms with E-state index in [1.165, 1.54) is 4.90 Å². The van der Waals surface area contributed by atoms with E-state index in [0.29, 0.717) is 0 Å². The highest BCUT2D eigenvalue weighted by molar-refractivity contribution is 5.99. The van der Waals surface area contributed by atoms with E-state index in [4.69, 9.17) is 5.73 Å². The third-order valence-electron chi connectivity index (χ3n) is 3.03. The van der Waals surface area contributed by atoms with Crippen LogP contribution in [-0.2, 0) is 6.42 Å². The van der Waals surface area contributed by atoms with Crippen LogP contribution in [0.4, 0.5) is 16.2 Å². The molecule has 0 atom stereocenters. The molecule has 2 rings (SSSR count). The third kappa shape index (κ3) is 2.76. The van der Waals surface area contributed by atoms with Gasteiger partial charge in [0.25, 0.3) is 0 Å². The van der Waals surface area contributed by atoms with E-state index in [9.17, 15) is 4.79 Å². The predicted octanol–water partition coefficient (Wildman–Crippen LogP) is 3.59. The molecule has 0 heterocycles. The van der Waals surface area contributed by atoms with Crippen LogP contribution < -0.4 is 10.6 Å². The average molecular weight is 253 g/mol. The molecule has 0 unspecified atom stereocenters.